The molecule has 1 fully saturated rings. The second kappa shape index (κ2) is 6.27. The number of rotatable bonds is 5. The van der Waals surface area contributed by atoms with Crippen LogP contribution in [0.1, 0.15) is 52.4 Å². The summed E-state index contributed by atoms with van der Waals surface area (Å²) in [7, 11) is -1.28. The van der Waals surface area contributed by atoms with E-state index in [0.29, 0.717) is 0 Å². The van der Waals surface area contributed by atoms with Crippen molar-refractivity contribution in [1.29, 1.82) is 0 Å². The van der Waals surface area contributed by atoms with Gasteiger partial charge in [-0.2, -0.15) is 0 Å². The number of hydrogen-bond donors (Lipinski definition) is 2. The second-order valence-corrected chi connectivity index (χ2v) is 8.24. The maximum absolute atomic E-state index is 10.3. The van der Waals surface area contributed by atoms with E-state index in [1.54, 1.807) is 0 Å². The number of aliphatic hydroxyl groups excluding tert-OH is 1. The lowest BCUT2D eigenvalue weighted by Gasteiger charge is -2.37. The highest BCUT2D eigenvalue weighted by atomic mass is 32.3. The SMILES string of the molecule is CCNS1(C(O)CC)C=CC(C2CCCCC2)=C1. The number of hydrogen-bond acceptors (Lipinski definition) is 2. The van der Waals surface area contributed by atoms with Gasteiger partial charge in [-0.1, -0.05) is 39.2 Å². The van der Waals surface area contributed by atoms with Crippen molar-refractivity contribution in [3.05, 3.63) is 22.5 Å². The molecule has 0 spiro atoms. The monoisotopic (exact) mass is 269 g/mol. The standard InChI is InChI=1S/C15H27NOS/c1-3-15(17)18(16-4-2)11-10-14(12-18)13-8-6-5-7-9-13/h10-13,15-17H,3-9H2,1-2H3. The fourth-order valence-electron chi connectivity index (χ4n) is 3.04. The summed E-state index contributed by atoms with van der Waals surface area (Å²) in [4.78, 5) is 0. The summed E-state index contributed by atoms with van der Waals surface area (Å²) in [6.07, 6.45) is 9.91. The average molecular weight is 269 g/mol. The average Bonchev–Trinajstić information content (AvgIpc) is 2.85. The summed E-state index contributed by atoms with van der Waals surface area (Å²) >= 11 is 0. The molecule has 0 aromatic carbocycles. The van der Waals surface area contributed by atoms with Gasteiger partial charge in [-0.05, 0) is 41.6 Å². The predicted octanol–water partition coefficient (Wildman–Crippen LogP) is 4.04. The van der Waals surface area contributed by atoms with Crippen LogP contribution in [0, 0.1) is 5.92 Å². The van der Waals surface area contributed by atoms with Gasteiger partial charge < -0.3 is 5.11 Å². The van der Waals surface area contributed by atoms with Crippen LogP contribution < -0.4 is 4.72 Å². The van der Waals surface area contributed by atoms with Gasteiger partial charge in [0.25, 0.3) is 0 Å². The smallest absolute Gasteiger partial charge is 0.102 e. The molecule has 0 aromatic rings. The molecule has 2 nitrogen and oxygen atoms in total. The van der Waals surface area contributed by atoms with Crippen LogP contribution in [-0.4, -0.2) is 17.1 Å². The predicted molar refractivity (Wildman–Crippen MR) is 81.4 cm³/mol. The lowest BCUT2D eigenvalue weighted by molar-refractivity contribution is 0.255. The molecule has 2 aliphatic rings. The van der Waals surface area contributed by atoms with Crippen molar-refractivity contribution in [2.45, 2.75) is 57.8 Å². The molecule has 2 N–H and O–H groups in total. The maximum Gasteiger partial charge on any atom is 0.102 e. The third-order valence-electron chi connectivity index (χ3n) is 4.09. The molecule has 1 saturated carbocycles. The third-order valence-corrected chi connectivity index (χ3v) is 7.36. The number of aliphatic hydroxyl groups is 1. The zero-order valence-electron chi connectivity index (χ0n) is 11.7. The highest BCUT2D eigenvalue weighted by Crippen LogP contribution is 2.57. The van der Waals surface area contributed by atoms with Gasteiger partial charge in [0.05, 0.1) is 0 Å². The topological polar surface area (TPSA) is 32.3 Å². The lowest BCUT2D eigenvalue weighted by atomic mass is 9.84. The van der Waals surface area contributed by atoms with E-state index >= 15 is 0 Å². The minimum absolute atomic E-state index is 0.241. The van der Waals surface area contributed by atoms with Crippen molar-refractivity contribution in [3.8, 4) is 0 Å². The molecule has 0 amide bonds. The van der Waals surface area contributed by atoms with Crippen LogP contribution in [0.3, 0.4) is 0 Å². The molecule has 0 saturated heterocycles. The van der Waals surface area contributed by atoms with Gasteiger partial charge >= 0.3 is 0 Å². The Kier molecular flexibility index (Phi) is 4.93. The Bertz CT molecular complexity index is 333. The van der Waals surface area contributed by atoms with E-state index in [4.69, 9.17) is 0 Å². The molecule has 2 unspecified atom stereocenters. The first-order valence-electron chi connectivity index (χ1n) is 7.36. The molecule has 18 heavy (non-hydrogen) atoms. The molecule has 0 radical (unpaired) electrons. The van der Waals surface area contributed by atoms with Crippen LogP contribution in [0.15, 0.2) is 22.5 Å². The van der Waals surface area contributed by atoms with Crippen LogP contribution in [0.4, 0.5) is 0 Å². The van der Waals surface area contributed by atoms with Gasteiger partial charge in [-0.25, -0.2) is 0 Å². The first kappa shape index (κ1) is 14.2. The lowest BCUT2D eigenvalue weighted by Crippen LogP contribution is -2.26. The van der Waals surface area contributed by atoms with Gasteiger partial charge in [0, 0.05) is 6.54 Å². The third kappa shape index (κ3) is 2.84. The van der Waals surface area contributed by atoms with Crippen molar-refractivity contribution in [2.75, 3.05) is 6.54 Å². The zero-order chi connectivity index (χ0) is 13.0. The zero-order valence-corrected chi connectivity index (χ0v) is 12.5. The largest absolute Gasteiger partial charge is 0.382 e. The van der Waals surface area contributed by atoms with Gasteiger partial charge in [0.15, 0.2) is 0 Å². The Hall–Kier alpha value is -0.250. The van der Waals surface area contributed by atoms with E-state index in [1.165, 1.54) is 37.7 Å². The van der Waals surface area contributed by atoms with Gasteiger partial charge in [-0.3, -0.25) is 4.72 Å². The van der Waals surface area contributed by atoms with E-state index in [2.05, 4.69) is 35.5 Å². The first-order valence-corrected chi connectivity index (χ1v) is 9.18. The Morgan fingerprint density at radius 3 is 2.67 bits per heavy atom. The van der Waals surface area contributed by atoms with Crippen LogP contribution in [0.5, 0.6) is 0 Å². The van der Waals surface area contributed by atoms with Crippen molar-refractivity contribution >= 4 is 10.2 Å². The summed E-state index contributed by atoms with van der Waals surface area (Å²) in [6, 6.07) is 0. The minimum Gasteiger partial charge on any atom is -0.382 e. The van der Waals surface area contributed by atoms with Crippen molar-refractivity contribution in [1.82, 2.24) is 4.72 Å². The summed E-state index contributed by atoms with van der Waals surface area (Å²) in [6.45, 7) is 5.11. The first-order chi connectivity index (χ1) is 8.72. The molecule has 104 valence electrons. The Balaban J connectivity index is 2.14. The van der Waals surface area contributed by atoms with Crippen LogP contribution in [0.2, 0.25) is 0 Å². The highest BCUT2D eigenvalue weighted by Gasteiger charge is 2.31. The molecular formula is C15H27NOS. The van der Waals surface area contributed by atoms with Crippen molar-refractivity contribution < 1.29 is 5.11 Å². The van der Waals surface area contributed by atoms with Crippen LogP contribution in [-0.2, 0) is 0 Å². The van der Waals surface area contributed by atoms with Crippen molar-refractivity contribution in [3.63, 3.8) is 0 Å². The fourth-order valence-corrected chi connectivity index (χ4v) is 5.99. The van der Waals surface area contributed by atoms with Crippen molar-refractivity contribution in [2.24, 2.45) is 5.92 Å². The normalized spacial score (nSPS) is 34.1. The minimum atomic E-state index is -1.28. The molecule has 3 heteroatoms. The molecule has 0 aromatic heterocycles. The Morgan fingerprint density at radius 2 is 2.06 bits per heavy atom. The molecule has 1 aliphatic carbocycles. The second-order valence-electron chi connectivity index (χ2n) is 5.38. The molecule has 2 atom stereocenters. The van der Waals surface area contributed by atoms with Crippen LogP contribution in [0.25, 0.3) is 0 Å². The maximum atomic E-state index is 10.3. The van der Waals surface area contributed by atoms with E-state index in [1.807, 2.05) is 0 Å². The fraction of sp³-hybridized carbons (Fsp3) is 0.733. The number of nitrogens with one attached hydrogen (secondary N) is 1. The van der Waals surface area contributed by atoms with E-state index < -0.39 is 10.2 Å². The molecule has 0 bridgehead atoms. The summed E-state index contributed by atoms with van der Waals surface area (Å²) < 4.78 is 3.55. The van der Waals surface area contributed by atoms with E-state index in [-0.39, 0.29) is 5.44 Å². The van der Waals surface area contributed by atoms with Gasteiger partial charge in [0.1, 0.15) is 5.44 Å². The number of allylic oxidation sites excluding steroid dienone is 2. The molecular weight excluding hydrogens is 242 g/mol. The van der Waals surface area contributed by atoms with E-state index in [0.717, 1.165) is 18.9 Å². The molecule has 1 aliphatic heterocycles. The molecule has 1 heterocycles. The van der Waals surface area contributed by atoms with E-state index in [9.17, 15) is 5.11 Å². The van der Waals surface area contributed by atoms with Gasteiger partial charge in [-0.15, -0.1) is 10.2 Å². The summed E-state index contributed by atoms with van der Waals surface area (Å²) in [5, 5.41) is 15.0. The summed E-state index contributed by atoms with van der Waals surface area (Å²) in [5.41, 5.74) is 1.24. The summed E-state index contributed by atoms with van der Waals surface area (Å²) in [5.74, 6) is 0.743. The van der Waals surface area contributed by atoms with Crippen LogP contribution >= 0.6 is 10.2 Å². The Morgan fingerprint density at radius 1 is 1.33 bits per heavy atom. The Labute approximate surface area is 113 Å². The highest BCUT2D eigenvalue weighted by molar-refractivity contribution is 8.37. The van der Waals surface area contributed by atoms with Gasteiger partial charge in [0.2, 0.25) is 0 Å². The quantitative estimate of drug-likeness (QED) is 0.789. The molecule has 2 rings (SSSR count).